The Hall–Kier alpha value is -1.85. The van der Waals surface area contributed by atoms with Gasteiger partial charge in [-0.3, -0.25) is 9.69 Å². The standard InChI is InChI=1S/C21H24BrNO3/c1-2-26-19-8-4-6-17(14-19)20(16-5-3-7-18(22)13-16)23-11-9-15(10-12-23)21(24)25/h3-8,13-15,20H,2,9-12H2,1H3,(H,24,25)/t20-/m1/s1. The average molecular weight is 418 g/mol. The zero-order valence-corrected chi connectivity index (χ0v) is 16.5. The maximum Gasteiger partial charge on any atom is 0.306 e. The van der Waals surface area contributed by atoms with Crippen LogP contribution in [0.25, 0.3) is 0 Å². The van der Waals surface area contributed by atoms with Gasteiger partial charge in [-0.15, -0.1) is 0 Å². The van der Waals surface area contributed by atoms with Crippen LogP contribution < -0.4 is 4.74 Å². The van der Waals surface area contributed by atoms with E-state index in [9.17, 15) is 9.90 Å². The van der Waals surface area contributed by atoms with Gasteiger partial charge in [-0.05, 0) is 68.2 Å². The van der Waals surface area contributed by atoms with Gasteiger partial charge in [0.05, 0.1) is 18.6 Å². The number of hydrogen-bond donors (Lipinski definition) is 1. The fourth-order valence-corrected chi connectivity index (χ4v) is 4.05. The van der Waals surface area contributed by atoms with Crippen LogP contribution in [0.4, 0.5) is 0 Å². The number of aliphatic carboxylic acids is 1. The summed E-state index contributed by atoms with van der Waals surface area (Å²) in [5.74, 6) is -0.0448. The van der Waals surface area contributed by atoms with Gasteiger partial charge < -0.3 is 9.84 Å². The highest BCUT2D eigenvalue weighted by Crippen LogP contribution is 2.34. The molecular weight excluding hydrogens is 394 g/mol. The van der Waals surface area contributed by atoms with Crippen LogP contribution in [0.2, 0.25) is 0 Å². The second-order valence-corrected chi connectivity index (χ2v) is 7.53. The molecule has 0 amide bonds. The molecule has 138 valence electrons. The predicted octanol–water partition coefficient (Wildman–Crippen LogP) is 4.73. The van der Waals surface area contributed by atoms with Gasteiger partial charge in [-0.25, -0.2) is 0 Å². The summed E-state index contributed by atoms with van der Waals surface area (Å²) >= 11 is 3.57. The lowest BCUT2D eigenvalue weighted by Crippen LogP contribution is -2.39. The monoisotopic (exact) mass is 417 g/mol. The lowest BCUT2D eigenvalue weighted by Gasteiger charge is -2.37. The minimum Gasteiger partial charge on any atom is -0.494 e. The van der Waals surface area contributed by atoms with Crippen molar-refractivity contribution in [1.82, 2.24) is 4.90 Å². The van der Waals surface area contributed by atoms with Crippen molar-refractivity contribution in [2.45, 2.75) is 25.8 Å². The van der Waals surface area contributed by atoms with E-state index in [4.69, 9.17) is 4.74 Å². The lowest BCUT2D eigenvalue weighted by atomic mass is 9.91. The number of carboxylic acids is 1. The van der Waals surface area contributed by atoms with Gasteiger partial charge >= 0.3 is 5.97 Å². The van der Waals surface area contributed by atoms with E-state index in [1.165, 1.54) is 11.1 Å². The van der Waals surface area contributed by atoms with Crippen molar-refractivity contribution in [1.29, 1.82) is 0 Å². The molecule has 0 aliphatic carbocycles. The summed E-state index contributed by atoms with van der Waals surface area (Å²) in [6, 6.07) is 16.6. The number of hydrogen-bond acceptors (Lipinski definition) is 3. The third-order valence-corrected chi connectivity index (χ3v) is 5.39. The van der Waals surface area contributed by atoms with Crippen LogP contribution >= 0.6 is 15.9 Å². The number of ether oxygens (including phenoxy) is 1. The van der Waals surface area contributed by atoms with E-state index in [1.807, 2.05) is 31.2 Å². The first-order valence-corrected chi connectivity index (χ1v) is 9.83. The van der Waals surface area contributed by atoms with Crippen molar-refractivity contribution in [2.75, 3.05) is 19.7 Å². The summed E-state index contributed by atoms with van der Waals surface area (Å²) in [6.07, 6.45) is 1.37. The maximum atomic E-state index is 11.3. The minimum atomic E-state index is -0.679. The molecule has 0 radical (unpaired) electrons. The van der Waals surface area contributed by atoms with E-state index in [0.29, 0.717) is 19.4 Å². The summed E-state index contributed by atoms with van der Waals surface area (Å²) in [5.41, 5.74) is 2.37. The fraction of sp³-hybridized carbons (Fsp3) is 0.381. The Morgan fingerprint density at radius 1 is 1.19 bits per heavy atom. The van der Waals surface area contributed by atoms with Crippen molar-refractivity contribution in [3.63, 3.8) is 0 Å². The predicted molar refractivity (Wildman–Crippen MR) is 106 cm³/mol. The van der Waals surface area contributed by atoms with Gasteiger partial charge in [0, 0.05) is 4.47 Å². The van der Waals surface area contributed by atoms with Crippen LogP contribution in [0.1, 0.15) is 36.9 Å². The second kappa shape index (κ2) is 8.69. The molecule has 1 N–H and O–H groups in total. The first kappa shape index (κ1) is 18.9. The molecule has 1 aliphatic heterocycles. The summed E-state index contributed by atoms with van der Waals surface area (Å²) in [7, 11) is 0. The first-order valence-electron chi connectivity index (χ1n) is 9.03. The molecular formula is C21H24BrNO3. The highest BCUT2D eigenvalue weighted by molar-refractivity contribution is 9.10. The highest BCUT2D eigenvalue weighted by Gasteiger charge is 2.30. The molecule has 1 heterocycles. The molecule has 5 heteroatoms. The number of halogens is 1. The summed E-state index contributed by atoms with van der Waals surface area (Å²) in [6.45, 7) is 4.16. The van der Waals surface area contributed by atoms with Gasteiger partial charge in [0.2, 0.25) is 0 Å². The summed E-state index contributed by atoms with van der Waals surface area (Å²) < 4.78 is 6.73. The molecule has 1 atom stereocenters. The van der Waals surface area contributed by atoms with Crippen molar-refractivity contribution in [2.24, 2.45) is 5.92 Å². The quantitative estimate of drug-likeness (QED) is 0.737. The van der Waals surface area contributed by atoms with Gasteiger partial charge in [0.25, 0.3) is 0 Å². The highest BCUT2D eigenvalue weighted by atomic mass is 79.9. The normalized spacial score (nSPS) is 17.0. The van der Waals surface area contributed by atoms with Gasteiger partial charge in [-0.1, -0.05) is 40.2 Å². The molecule has 4 nitrogen and oxygen atoms in total. The minimum absolute atomic E-state index is 0.0858. The topological polar surface area (TPSA) is 49.8 Å². The van der Waals surface area contributed by atoms with Crippen LogP contribution in [-0.4, -0.2) is 35.7 Å². The van der Waals surface area contributed by atoms with Crippen molar-refractivity contribution >= 4 is 21.9 Å². The number of carbonyl (C=O) groups is 1. The van der Waals surface area contributed by atoms with Gasteiger partial charge in [0.1, 0.15) is 5.75 Å². The van der Waals surface area contributed by atoms with E-state index < -0.39 is 5.97 Å². The molecule has 26 heavy (non-hydrogen) atoms. The number of benzene rings is 2. The van der Waals surface area contributed by atoms with E-state index in [-0.39, 0.29) is 12.0 Å². The Bertz CT molecular complexity index is 756. The van der Waals surface area contributed by atoms with Crippen LogP contribution in [0, 0.1) is 5.92 Å². The van der Waals surface area contributed by atoms with Crippen LogP contribution in [-0.2, 0) is 4.79 Å². The Morgan fingerprint density at radius 3 is 2.46 bits per heavy atom. The molecule has 2 aromatic carbocycles. The van der Waals surface area contributed by atoms with Crippen LogP contribution in [0.3, 0.4) is 0 Å². The number of nitrogens with zero attached hydrogens (tertiary/aromatic N) is 1. The van der Waals surface area contributed by atoms with E-state index in [0.717, 1.165) is 23.3 Å². The summed E-state index contributed by atoms with van der Waals surface area (Å²) in [5, 5.41) is 9.29. The Labute approximate surface area is 162 Å². The molecule has 1 saturated heterocycles. The van der Waals surface area contributed by atoms with Crippen molar-refractivity contribution in [3.05, 3.63) is 64.1 Å². The Morgan fingerprint density at radius 2 is 1.85 bits per heavy atom. The average Bonchev–Trinajstić information content (AvgIpc) is 2.63. The molecule has 1 aliphatic rings. The van der Waals surface area contributed by atoms with Gasteiger partial charge in [0.15, 0.2) is 0 Å². The Kier molecular flexibility index (Phi) is 6.33. The number of piperidine rings is 1. The fourth-order valence-electron chi connectivity index (χ4n) is 3.64. The summed E-state index contributed by atoms with van der Waals surface area (Å²) in [4.78, 5) is 13.7. The van der Waals surface area contributed by atoms with E-state index in [2.05, 4.69) is 45.1 Å². The number of carboxylic acid groups (broad SMARTS) is 1. The molecule has 3 rings (SSSR count). The maximum absolute atomic E-state index is 11.3. The molecule has 0 unspecified atom stereocenters. The van der Waals surface area contributed by atoms with Gasteiger partial charge in [-0.2, -0.15) is 0 Å². The van der Waals surface area contributed by atoms with Crippen LogP contribution in [0.5, 0.6) is 5.75 Å². The number of rotatable bonds is 6. The largest absolute Gasteiger partial charge is 0.494 e. The smallest absolute Gasteiger partial charge is 0.306 e. The van der Waals surface area contributed by atoms with Crippen molar-refractivity contribution < 1.29 is 14.6 Å². The third-order valence-electron chi connectivity index (χ3n) is 4.89. The first-order chi connectivity index (χ1) is 12.6. The van der Waals surface area contributed by atoms with Crippen LogP contribution in [0.15, 0.2) is 53.0 Å². The zero-order chi connectivity index (χ0) is 18.5. The number of likely N-dealkylation sites (tertiary alicyclic amines) is 1. The lowest BCUT2D eigenvalue weighted by molar-refractivity contribution is -0.143. The zero-order valence-electron chi connectivity index (χ0n) is 14.9. The molecule has 0 spiro atoms. The van der Waals surface area contributed by atoms with Crippen molar-refractivity contribution in [3.8, 4) is 5.75 Å². The third kappa shape index (κ3) is 4.46. The van der Waals surface area contributed by atoms with E-state index in [1.54, 1.807) is 0 Å². The molecule has 2 aromatic rings. The second-order valence-electron chi connectivity index (χ2n) is 6.61. The molecule has 0 saturated carbocycles. The Balaban J connectivity index is 1.93. The molecule has 0 aromatic heterocycles. The molecule has 1 fully saturated rings. The van der Waals surface area contributed by atoms with E-state index >= 15 is 0 Å². The SMILES string of the molecule is CCOc1cccc([C@@H](c2cccc(Br)c2)N2CCC(C(=O)O)CC2)c1. The molecule has 0 bridgehead atoms.